The molecule has 0 aliphatic carbocycles. The van der Waals surface area contributed by atoms with Gasteiger partial charge in [0, 0.05) is 5.75 Å². The summed E-state index contributed by atoms with van der Waals surface area (Å²) in [5, 5.41) is 7.60. The van der Waals surface area contributed by atoms with Gasteiger partial charge in [-0.25, -0.2) is 0 Å². The highest BCUT2D eigenvalue weighted by molar-refractivity contribution is 8.01. The molecule has 0 aromatic carbocycles. The Labute approximate surface area is 68.4 Å². The Morgan fingerprint density at radius 1 is 1.90 bits per heavy atom. The van der Waals surface area contributed by atoms with E-state index in [-0.39, 0.29) is 0 Å². The van der Waals surface area contributed by atoms with E-state index < -0.39 is 0 Å². The molecule has 4 heteroatoms. The van der Waals surface area contributed by atoms with Gasteiger partial charge in [0.1, 0.15) is 5.51 Å². The molecule has 0 unspecified atom stereocenters. The minimum absolute atomic E-state index is 0.940. The first-order valence-electron chi connectivity index (χ1n) is 2.82. The standard InChI is InChI=1S/C6H8N2S2/c1-5(2)3-9-6-8-7-4-10-6/h4H,1,3H2,2H3. The van der Waals surface area contributed by atoms with Crippen molar-refractivity contribution < 1.29 is 0 Å². The number of rotatable bonds is 3. The summed E-state index contributed by atoms with van der Waals surface area (Å²) in [5.41, 5.74) is 2.90. The first-order chi connectivity index (χ1) is 4.79. The molecule has 10 heavy (non-hydrogen) atoms. The summed E-state index contributed by atoms with van der Waals surface area (Å²) >= 11 is 3.25. The minimum atomic E-state index is 0.940. The Balaban J connectivity index is 2.35. The topological polar surface area (TPSA) is 25.8 Å². The zero-order chi connectivity index (χ0) is 7.40. The second-order valence-corrected chi connectivity index (χ2v) is 4.01. The highest BCUT2D eigenvalue weighted by Crippen LogP contribution is 2.20. The Hall–Kier alpha value is -0.350. The Kier molecular flexibility index (Phi) is 2.89. The zero-order valence-corrected chi connectivity index (χ0v) is 7.34. The Bertz CT molecular complexity index is 206. The summed E-state index contributed by atoms with van der Waals surface area (Å²) in [5.74, 6) is 0.940. The van der Waals surface area contributed by atoms with E-state index in [0.29, 0.717) is 0 Å². The van der Waals surface area contributed by atoms with Crippen LogP contribution in [0.1, 0.15) is 6.92 Å². The maximum absolute atomic E-state index is 3.88. The molecule has 0 aliphatic heterocycles. The van der Waals surface area contributed by atoms with Gasteiger partial charge in [0.15, 0.2) is 4.34 Å². The first-order valence-corrected chi connectivity index (χ1v) is 4.69. The minimum Gasteiger partial charge on any atom is -0.146 e. The van der Waals surface area contributed by atoms with Crippen molar-refractivity contribution in [2.45, 2.75) is 11.3 Å². The van der Waals surface area contributed by atoms with Gasteiger partial charge in [-0.2, -0.15) is 0 Å². The highest BCUT2D eigenvalue weighted by Gasteiger charge is 1.95. The third-order valence-electron chi connectivity index (χ3n) is 0.782. The second kappa shape index (κ2) is 3.73. The number of aromatic nitrogens is 2. The van der Waals surface area contributed by atoms with Crippen molar-refractivity contribution in [3.8, 4) is 0 Å². The summed E-state index contributed by atoms with van der Waals surface area (Å²) in [6, 6.07) is 0. The fourth-order valence-corrected chi connectivity index (χ4v) is 1.74. The molecular formula is C6H8N2S2. The van der Waals surface area contributed by atoms with Gasteiger partial charge in [-0.05, 0) is 6.92 Å². The average Bonchev–Trinajstić information content (AvgIpc) is 2.34. The van der Waals surface area contributed by atoms with E-state index in [1.807, 2.05) is 6.92 Å². The van der Waals surface area contributed by atoms with E-state index in [2.05, 4.69) is 16.8 Å². The molecule has 0 saturated carbocycles. The quantitative estimate of drug-likeness (QED) is 0.516. The van der Waals surface area contributed by atoms with Gasteiger partial charge >= 0.3 is 0 Å². The largest absolute Gasteiger partial charge is 0.174 e. The number of hydrogen-bond donors (Lipinski definition) is 0. The predicted octanol–water partition coefficient (Wildman–Crippen LogP) is 2.21. The Morgan fingerprint density at radius 3 is 3.20 bits per heavy atom. The Morgan fingerprint density at radius 2 is 2.70 bits per heavy atom. The molecule has 0 N–H and O–H groups in total. The van der Waals surface area contributed by atoms with Crippen LogP contribution in [0.5, 0.6) is 0 Å². The highest BCUT2D eigenvalue weighted by atomic mass is 32.2. The van der Waals surface area contributed by atoms with E-state index in [1.54, 1.807) is 28.6 Å². The molecule has 0 amide bonds. The van der Waals surface area contributed by atoms with Crippen LogP contribution in [-0.2, 0) is 0 Å². The van der Waals surface area contributed by atoms with Gasteiger partial charge in [0.05, 0.1) is 0 Å². The van der Waals surface area contributed by atoms with Crippen molar-refractivity contribution >= 4 is 23.1 Å². The fraction of sp³-hybridized carbons (Fsp3) is 0.333. The molecule has 0 spiro atoms. The average molecular weight is 172 g/mol. The number of hydrogen-bond acceptors (Lipinski definition) is 4. The maximum Gasteiger partial charge on any atom is 0.174 e. The number of thioether (sulfide) groups is 1. The van der Waals surface area contributed by atoms with E-state index in [4.69, 9.17) is 0 Å². The lowest BCUT2D eigenvalue weighted by Gasteiger charge is -1.92. The predicted molar refractivity (Wildman–Crippen MR) is 45.4 cm³/mol. The molecule has 1 heterocycles. The lowest BCUT2D eigenvalue weighted by Crippen LogP contribution is -1.77. The molecule has 1 rings (SSSR count). The van der Waals surface area contributed by atoms with Crippen molar-refractivity contribution in [1.82, 2.24) is 10.2 Å². The third-order valence-corrected chi connectivity index (χ3v) is 2.87. The molecule has 0 radical (unpaired) electrons. The van der Waals surface area contributed by atoms with Gasteiger partial charge in [-0.15, -0.1) is 10.2 Å². The SMILES string of the molecule is C=C(C)CSc1nncs1. The van der Waals surface area contributed by atoms with Crippen molar-refractivity contribution in [1.29, 1.82) is 0 Å². The zero-order valence-electron chi connectivity index (χ0n) is 5.70. The van der Waals surface area contributed by atoms with Crippen LogP contribution in [0.25, 0.3) is 0 Å². The van der Waals surface area contributed by atoms with Gasteiger partial charge in [-0.3, -0.25) is 0 Å². The van der Waals surface area contributed by atoms with Crippen molar-refractivity contribution in [3.05, 3.63) is 17.7 Å². The van der Waals surface area contributed by atoms with Crippen molar-refractivity contribution in [2.75, 3.05) is 5.75 Å². The van der Waals surface area contributed by atoms with Gasteiger partial charge in [0.2, 0.25) is 0 Å². The van der Waals surface area contributed by atoms with Crippen LogP contribution in [0.3, 0.4) is 0 Å². The smallest absolute Gasteiger partial charge is 0.146 e. The lowest BCUT2D eigenvalue weighted by molar-refractivity contribution is 1.01. The monoisotopic (exact) mass is 172 g/mol. The molecule has 0 saturated heterocycles. The second-order valence-electron chi connectivity index (χ2n) is 1.95. The van der Waals surface area contributed by atoms with E-state index >= 15 is 0 Å². The summed E-state index contributed by atoms with van der Waals surface area (Å²) < 4.78 is 1.02. The molecule has 0 aliphatic rings. The van der Waals surface area contributed by atoms with Crippen LogP contribution in [0, 0.1) is 0 Å². The lowest BCUT2D eigenvalue weighted by atomic mass is 10.4. The van der Waals surface area contributed by atoms with Crippen LogP contribution in [-0.4, -0.2) is 16.0 Å². The molecular weight excluding hydrogens is 164 g/mol. The van der Waals surface area contributed by atoms with Crippen LogP contribution >= 0.6 is 23.1 Å². The summed E-state index contributed by atoms with van der Waals surface area (Å²) in [6.45, 7) is 5.80. The first kappa shape index (κ1) is 7.75. The van der Waals surface area contributed by atoms with Gasteiger partial charge in [0.25, 0.3) is 0 Å². The normalized spacial score (nSPS) is 9.70. The van der Waals surface area contributed by atoms with Crippen LogP contribution in [0.2, 0.25) is 0 Å². The van der Waals surface area contributed by atoms with Crippen molar-refractivity contribution in [2.24, 2.45) is 0 Å². The molecule has 0 bridgehead atoms. The molecule has 2 nitrogen and oxygen atoms in total. The summed E-state index contributed by atoms with van der Waals surface area (Å²) in [6.07, 6.45) is 0. The van der Waals surface area contributed by atoms with Crippen LogP contribution in [0.15, 0.2) is 22.0 Å². The van der Waals surface area contributed by atoms with E-state index in [0.717, 1.165) is 10.1 Å². The van der Waals surface area contributed by atoms with Crippen LogP contribution < -0.4 is 0 Å². The molecule has 0 atom stereocenters. The van der Waals surface area contributed by atoms with E-state index in [1.165, 1.54) is 5.57 Å². The van der Waals surface area contributed by atoms with Crippen molar-refractivity contribution in [3.63, 3.8) is 0 Å². The molecule has 1 aromatic heterocycles. The number of nitrogens with zero attached hydrogens (tertiary/aromatic N) is 2. The molecule has 1 aromatic rings. The maximum atomic E-state index is 3.88. The fourth-order valence-electron chi connectivity index (χ4n) is 0.411. The third kappa shape index (κ3) is 2.49. The van der Waals surface area contributed by atoms with Gasteiger partial charge in [-0.1, -0.05) is 35.3 Å². The van der Waals surface area contributed by atoms with Gasteiger partial charge < -0.3 is 0 Å². The van der Waals surface area contributed by atoms with E-state index in [9.17, 15) is 0 Å². The molecule has 0 fully saturated rings. The van der Waals surface area contributed by atoms with Crippen LogP contribution in [0.4, 0.5) is 0 Å². The molecule has 54 valence electrons. The summed E-state index contributed by atoms with van der Waals surface area (Å²) in [4.78, 5) is 0. The summed E-state index contributed by atoms with van der Waals surface area (Å²) in [7, 11) is 0.